The number of rotatable bonds is 6. The van der Waals surface area contributed by atoms with Gasteiger partial charge in [-0.15, -0.1) is 12.1 Å². The molecule has 0 bridgehead atoms. The molecule has 4 aromatic heterocycles. The fourth-order valence-electron chi connectivity index (χ4n) is 4.69. The second kappa shape index (κ2) is 11.1. The van der Waals surface area contributed by atoms with Crippen LogP contribution >= 0.6 is 0 Å². The molecule has 6 aromatic rings. The molecule has 40 heavy (non-hydrogen) atoms. The zero-order chi connectivity index (χ0) is 27.0. The molecule has 6 rings (SSSR count). The molecule has 0 saturated heterocycles. The summed E-state index contributed by atoms with van der Waals surface area (Å²) in [5.41, 5.74) is 7.14. The Labute approximate surface area is 249 Å². The molecule has 0 aliphatic carbocycles. The van der Waals surface area contributed by atoms with Crippen LogP contribution in [0.3, 0.4) is 0 Å². The van der Waals surface area contributed by atoms with Crippen LogP contribution in [0.5, 0.6) is 0 Å². The maximum atomic E-state index is 5.17. The summed E-state index contributed by atoms with van der Waals surface area (Å²) in [5, 5.41) is 9.26. The van der Waals surface area contributed by atoms with Crippen LogP contribution in [0, 0.1) is 26.2 Å². The van der Waals surface area contributed by atoms with Gasteiger partial charge >= 0.3 is 21.1 Å². The summed E-state index contributed by atoms with van der Waals surface area (Å²) >= 11 is 0. The third kappa shape index (κ3) is 5.19. The first-order valence-electron chi connectivity index (χ1n) is 12.9. The van der Waals surface area contributed by atoms with Crippen molar-refractivity contribution < 1.29 is 21.1 Å². The van der Waals surface area contributed by atoms with E-state index >= 15 is 0 Å². The van der Waals surface area contributed by atoms with Crippen LogP contribution in [0.25, 0.3) is 33.9 Å². The van der Waals surface area contributed by atoms with Gasteiger partial charge in [-0.1, -0.05) is 99.0 Å². The van der Waals surface area contributed by atoms with Gasteiger partial charge in [0.15, 0.2) is 0 Å². The Kier molecular flexibility index (Phi) is 7.64. The maximum Gasteiger partial charge on any atom is 2.00 e. The number of hydrogen-bond donors (Lipinski definition) is 0. The number of hydrogen-bond acceptors (Lipinski definition) is 4. The Balaban J connectivity index is 0.00000323. The molecule has 4 heterocycles. The topological polar surface area (TPSA) is 61.4 Å². The average Bonchev–Trinajstić information content (AvgIpc) is 3.61. The van der Waals surface area contributed by atoms with Crippen LogP contribution in [0.1, 0.15) is 36.6 Å². The molecule has 0 unspecified atom stereocenters. The minimum absolute atomic E-state index is 0. The number of aromatic nitrogens is 6. The first kappa shape index (κ1) is 27.4. The largest absolute Gasteiger partial charge is 2.00 e. The van der Waals surface area contributed by atoms with E-state index in [1.165, 1.54) is 0 Å². The predicted octanol–water partition coefficient (Wildman–Crippen LogP) is 6.72. The minimum atomic E-state index is -0.516. The van der Waals surface area contributed by atoms with Gasteiger partial charge in [0.1, 0.15) is 0 Å². The first-order chi connectivity index (χ1) is 18.9. The Hall–Kier alpha value is -4.15. The van der Waals surface area contributed by atoms with E-state index < -0.39 is 5.41 Å². The molecule has 0 aliphatic heterocycles. The van der Waals surface area contributed by atoms with Crippen LogP contribution in [0.15, 0.2) is 97.1 Å². The quantitative estimate of drug-likeness (QED) is 0.181. The summed E-state index contributed by atoms with van der Waals surface area (Å²) in [7, 11) is 0. The van der Waals surface area contributed by atoms with Crippen LogP contribution in [-0.2, 0) is 26.5 Å². The molecule has 2 aromatic carbocycles. The van der Waals surface area contributed by atoms with Crippen LogP contribution in [-0.4, -0.2) is 29.5 Å². The Bertz CT molecular complexity index is 1620. The van der Waals surface area contributed by atoms with Gasteiger partial charge in [0, 0.05) is 16.8 Å². The fraction of sp³-hybridized carbons (Fsp3) is 0.152. The van der Waals surface area contributed by atoms with E-state index in [9.17, 15) is 0 Å². The van der Waals surface area contributed by atoms with Crippen molar-refractivity contribution in [3.63, 3.8) is 0 Å². The van der Waals surface area contributed by atoms with Gasteiger partial charge in [0.05, 0.1) is 11.6 Å². The van der Waals surface area contributed by atoms with E-state index in [2.05, 4.69) is 85.0 Å². The average molecular weight is 704 g/mol. The van der Waals surface area contributed by atoms with Crippen molar-refractivity contribution in [2.45, 2.75) is 33.1 Å². The molecule has 0 N–H and O–H groups in total. The standard InChI is InChI=1S/C33H28N6.Pt/c1-23-19-21-38(36-23)31-27(25-11-7-5-8-12-25)15-17-29(34-31)33(3,4)30-18-16-28(26-13-9-6-10-14-26)32(35-30)39-22-20-24(2)37-39;/h5-20H,1-4H3;/q-2;+2. The summed E-state index contributed by atoms with van der Waals surface area (Å²) in [4.78, 5) is 10.3. The van der Waals surface area contributed by atoms with Gasteiger partial charge in [-0.3, -0.25) is 20.2 Å². The zero-order valence-corrected chi connectivity index (χ0v) is 25.0. The predicted molar refractivity (Wildman–Crippen MR) is 153 cm³/mol. The van der Waals surface area contributed by atoms with E-state index in [1.54, 1.807) is 9.36 Å². The molecule has 0 radical (unpaired) electrons. The maximum absolute atomic E-state index is 5.17. The molecule has 0 saturated carbocycles. The van der Waals surface area contributed by atoms with Gasteiger partial charge in [-0.05, 0) is 59.6 Å². The van der Waals surface area contributed by atoms with Crippen LogP contribution in [0.4, 0.5) is 0 Å². The van der Waals surface area contributed by atoms with Crippen molar-refractivity contribution in [1.82, 2.24) is 29.5 Å². The van der Waals surface area contributed by atoms with Gasteiger partial charge in [-0.2, -0.15) is 0 Å². The zero-order valence-electron chi connectivity index (χ0n) is 22.7. The van der Waals surface area contributed by atoms with Gasteiger partial charge < -0.3 is 9.36 Å². The smallest absolute Gasteiger partial charge is 0.343 e. The van der Waals surface area contributed by atoms with Crippen molar-refractivity contribution in [3.05, 3.63) is 132 Å². The second-order valence-electron chi connectivity index (χ2n) is 10.1. The van der Waals surface area contributed by atoms with Gasteiger partial charge in [0.25, 0.3) is 0 Å². The van der Waals surface area contributed by atoms with Crippen molar-refractivity contribution in [2.75, 3.05) is 0 Å². The fourth-order valence-corrected chi connectivity index (χ4v) is 4.69. The molecule has 7 heteroatoms. The SMILES string of the molecule is Cc1c[c-]n(-c2nc(C(C)(C)c3ccc(-c4ccccc4)c(-n4[c-]cc(C)n4)n3)ccc2-c2ccccc2)n1.[Pt+2]. The molecular weight excluding hydrogens is 675 g/mol. The Morgan fingerprint density at radius 3 is 1.32 bits per heavy atom. The van der Waals surface area contributed by atoms with E-state index in [0.717, 1.165) is 56.7 Å². The third-order valence-corrected chi connectivity index (χ3v) is 6.91. The number of pyridine rings is 2. The number of benzene rings is 2. The number of aryl methyl sites for hydroxylation is 2. The van der Waals surface area contributed by atoms with Gasteiger partial charge in [0.2, 0.25) is 0 Å². The van der Waals surface area contributed by atoms with E-state index in [0.29, 0.717) is 0 Å². The summed E-state index contributed by atoms with van der Waals surface area (Å²) in [6, 6.07) is 32.6. The molecular formula is C33H28N6Pt. The second-order valence-corrected chi connectivity index (χ2v) is 10.1. The third-order valence-electron chi connectivity index (χ3n) is 6.91. The van der Waals surface area contributed by atoms with Crippen molar-refractivity contribution >= 4 is 0 Å². The molecule has 0 atom stereocenters. The molecule has 6 nitrogen and oxygen atoms in total. The Morgan fingerprint density at radius 1 is 0.575 bits per heavy atom. The van der Waals surface area contributed by atoms with E-state index in [4.69, 9.17) is 9.97 Å². The normalized spacial score (nSPS) is 11.3. The van der Waals surface area contributed by atoms with Crippen LogP contribution < -0.4 is 0 Å². The number of nitrogens with zero attached hydrogens (tertiary/aromatic N) is 6. The van der Waals surface area contributed by atoms with E-state index in [-0.39, 0.29) is 21.1 Å². The van der Waals surface area contributed by atoms with Crippen molar-refractivity contribution in [3.8, 4) is 33.9 Å². The first-order valence-corrected chi connectivity index (χ1v) is 12.9. The molecule has 0 fully saturated rings. The van der Waals surface area contributed by atoms with Gasteiger partial charge in [-0.25, -0.2) is 0 Å². The minimum Gasteiger partial charge on any atom is -0.343 e. The summed E-state index contributed by atoms with van der Waals surface area (Å²) in [6.45, 7) is 8.20. The molecule has 0 spiro atoms. The molecule has 0 aliphatic rings. The van der Waals surface area contributed by atoms with Crippen molar-refractivity contribution in [1.29, 1.82) is 0 Å². The Morgan fingerprint density at radius 2 is 0.975 bits per heavy atom. The summed E-state index contributed by atoms with van der Waals surface area (Å²) in [6.07, 6.45) is 6.44. The summed E-state index contributed by atoms with van der Waals surface area (Å²) < 4.78 is 3.46. The van der Waals surface area contributed by atoms with Crippen LogP contribution in [0.2, 0.25) is 0 Å². The van der Waals surface area contributed by atoms with Crippen molar-refractivity contribution in [2.24, 2.45) is 0 Å². The monoisotopic (exact) mass is 703 g/mol. The molecule has 0 amide bonds. The van der Waals surface area contributed by atoms with E-state index in [1.807, 2.05) is 62.4 Å². The molecule has 200 valence electrons. The summed E-state index contributed by atoms with van der Waals surface area (Å²) in [5.74, 6) is 1.47.